The molecular formula is C29H34N8O4. The Morgan fingerprint density at radius 2 is 1.85 bits per heavy atom. The van der Waals surface area contributed by atoms with E-state index in [9.17, 15) is 15.0 Å². The van der Waals surface area contributed by atoms with Crippen LogP contribution in [0, 0.1) is 0 Å². The molecule has 12 nitrogen and oxygen atoms in total. The van der Waals surface area contributed by atoms with Gasteiger partial charge in [-0.25, -0.2) is 9.67 Å². The van der Waals surface area contributed by atoms with E-state index >= 15 is 0 Å². The molecule has 0 aliphatic rings. The molecular weight excluding hydrogens is 524 g/mol. The highest BCUT2D eigenvalue weighted by atomic mass is 16.4. The van der Waals surface area contributed by atoms with Crippen molar-refractivity contribution in [2.45, 2.75) is 58.8 Å². The molecule has 0 unspecified atom stereocenters. The molecule has 12 heteroatoms. The van der Waals surface area contributed by atoms with Crippen LogP contribution in [0.15, 0.2) is 63.9 Å². The van der Waals surface area contributed by atoms with E-state index in [1.165, 1.54) is 6.20 Å². The molecule has 5 rings (SSSR count). The fraction of sp³-hybridized carbons (Fsp3) is 0.345. The van der Waals surface area contributed by atoms with E-state index < -0.39 is 11.6 Å². The Kier molecular flexibility index (Phi) is 7.61. The molecule has 0 bridgehead atoms. The first kappa shape index (κ1) is 28.0. The first-order valence-electron chi connectivity index (χ1n) is 13.5. The topological polar surface area (TPSA) is 156 Å². The Balaban J connectivity index is 1.55. The van der Waals surface area contributed by atoms with Crippen molar-refractivity contribution in [1.82, 2.24) is 29.5 Å². The molecule has 2 aromatic carbocycles. The van der Waals surface area contributed by atoms with Crippen LogP contribution in [0.5, 0.6) is 0 Å². The van der Waals surface area contributed by atoms with Crippen molar-refractivity contribution in [3.63, 3.8) is 0 Å². The van der Waals surface area contributed by atoms with Gasteiger partial charge in [0.25, 0.3) is 11.4 Å². The predicted octanol–water partition coefficient (Wildman–Crippen LogP) is 4.36. The average molecular weight is 559 g/mol. The van der Waals surface area contributed by atoms with Crippen LogP contribution >= 0.6 is 0 Å². The molecule has 0 fully saturated rings. The summed E-state index contributed by atoms with van der Waals surface area (Å²) in [6.07, 6.45) is 1.54. The summed E-state index contributed by atoms with van der Waals surface area (Å²) < 4.78 is 9.47. The number of hydrogen-bond donors (Lipinski definition) is 4. The first-order chi connectivity index (χ1) is 19.6. The molecule has 0 aliphatic carbocycles. The van der Waals surface area contributed by atoms with Gasteiger partial charge in [0.2, 0.25) is 11.8 Å². The van der Waals surface area contributed by atoms with E-state index in [0.29, 0.717) is 29.0 Å². The standard InChI is InChI=1S/C29H34N8O4/c1-6-36-26(39)20-13-12-19(14-23(20)37(36)17(2)3)31-28-30-15-21(25-34-35-27(41-25)29(4,5)40)24(33-28)32-22(16-38)18-10-8-7-9-11-18/h7-15,17,22,38,40H,6,16H2,1-5H3,(H2,30,31,32,33)/t22-/m1/s1. The average Bonchev–Trinajstić information content (AvgIpc) is 3.55. The summed E-state index contributed by atoms with van der Waals surface area (Å²) in [5.74, 6) is 0.778. The van der Waals surface area contributed by atoms with Gasteiger partial charge < -0.3 is 25.3 Å². The Labute approximate surface area is 236 Å². The zero-order valence-electron chi connectivity index (χ0n) is 23.7. The van der Waals surface area contributed by atoms with Crippen molar-refractivity contribution in [3.05, 3.63) is 76.5 Å². The van der Waals surface area contributed by atoms with E-state index in [-0.39, 0.29) is 35.9 Å². The van der Waals surface area contributed by atoms with Crippen LogP contribution in [-0.2, 0) is 12.1 Å². The number of anilines is 3. The maximum absolute atomic E-state index is 12.9. The second kappa shape index (κ2) is 11.1. The Morgan fingerprint density at radius 3 is 2.49 bits per heavy atom. The van der Waals surface area contributed by atoms with E-state index in [4.69, 9.17) is 9.40 Å². The van der Waals surface area contributed by atoms with Crippen molar-refractivity contribution in [3.8, 4) is 11.5 Å². The number of hydrogen-bond acceptors (Lipinski definition) is 10. The minimum absolute atomic E-state index is 0.0317. The molecule has 41 heavy (non-hydrogen) atoms. The van der Waals surface area contributed by atoms with E-state index in [2.05, 4.69) is 25.8 Å². The number of aliphatic hydroxyl groups excluding tert-OH is 1. The minimum Gasteiger partial charge on any atom is -0.417 e. The van der Waals surface area contributed by atoms with Gasteiger partial charge >= 0.3 is 0 Å². The number of nitrogens with one attached hydrogen (secondary N) is 2. The predicted molar refractivity (Wildman–Crippen MR) is 156 cm³/mol. The summed E-state index contributed by atoms with van der Waals surface area (Å²) in [6, 6.07) is 14.6. The van der Waals surface area contributed by atoms with Gasteiger partial charge in [0, 0.05) is 24.5 Å². The summed E-state index contributed by atoms with van der Waals surface area (Å²) in [5, 5.41) is 35.7. The maximum Gasteiger partial charge on any atom is 0.274 e. The van der Waals surface area contributed by atoms with Crippen LogP contribution in [-0.4, -0.2) is 46.3 Å². The summed E-state index contributed by atoms with van der Waals surface area (Å²) >= 11 is 0. The monoisotopic (exact) mass is 558 g/mol. The molecule has 0 saturated heterocycles. The fourth-order valence-corrected chi connectivity index (χ4v) is 4.70. The minimum atomic E-state index is -1.33. The Morgan fingerprint density at radius 1 is 1.10 bits per heavy atom. The van der Waals surface area contributed by atoms with E-state index in [1.807, 2.05) is 67.9 Å². The van der Waals surface area contributed by atoms with Gasteiger partial charge in [0.05, 0.1) is 29.1 Å². The van der Waals surface area contributed by atoms with Crippen molar-refractivity contribution in [2.75, 3.05) is 17.2 Å². The summed E-state index contributed by atoms with van der Waals surface area (Å²) in [5.41, 5.74) is 1.40. The molecule has 3 aromatic heterocycles. The molecule has 0 amide bonds. The zero-order valence-corrected chi connectivity index (χ0v) is 23.7. The molecule has 0 saturated carbocycles. The highest BCUT2D eigenvalue weighted by Crippen LogP contribution is 2.32. The van der Waals surface area contributed by atoms with Gasteiger partial charge in [0.15, 0.2) is 0 Å². The molecule has 5 aromatic rings. The SMILES string of the molecule is CCn1c(=O)c2ccc(Nc3ncc(-c4nnc(C(C)(C)O)o4)c(N[C@H](CO)c4ccccc4)n3)cc2n1C(C)C. The van der Waals surface area contributed by atoms with Gasteiger partial charge in [-0.05, 0) is 58.4 Å². The number of aliphatic hydroxyl groups is 2. The summed E-state index contributed by atoms with van der Waals surface area (Å²) in [7, 11) is 0. The normalized spacial score (nSPS) is 12.7. The second-order valence-electron chi connectivity index (χ2n) is 10.5. The third kappa shape index (κ3) is 5.56. The van der Waals surface area contributed by atoms with Crippen LogP contribution < -0.4 is 16.2 Å². The summed E-state index contributed by atoms with van der Waals surface area (Å²) in [6.45, 7) is 9.49. The van der Waals surface area contributed by atoms with Gasteiger partial charge in [0.1, 0.15) is 11.4 Å². The lowest BCUT2D eigenvalue weighted by Gasteiger charge is -2.19. The van der Waals surface area contributed by atoms with Crippen LogP contribution in [0.2, 0.25) is 0 Å². The lowest BCUT2D eigenvalue weighted by Crippen LogP contribution is -2.23. The second-order valence-corrected chi connectivity index (χ2v) is 10.5. The molecule has 3 heterocycles. The van der Waals surface area contributed by atoms with Crippen molar-refractivity contribution in [2.24, 2.45) is 0 Å². The molecule has 4 N–H and O–H groups in total. The third-order valence-corrected chi connectivity index (χ3v) is 6.68. The van der Waals surface area contributed by atoms with Crippen molar-refractivity contribution < 1.29 is 14.6 Å². The third-order valence-electron chi connectivity index (χ3n) is 6.68. The Bertz CT molecular complexity index is 1720. The lowest BCUT2D eigenvalue weighted by atomic mass is 10.1. The molecule has 1 atom stereocenters. The number of rotatable bonds is 10. The number of benzene rings is 2. The van der Waals surface area contributed by atoms with Crippen LogP contribution in [0.3, 0.4) is 0 Å². The van der Waals surface area contributed by atoms with E-state index in [1.54, 1.807) is 24.6 Å². The van der Waals surface area contributed by atoms with Gasteiger partial charge in [-0.1, -0.05) is 30.3 Å². The van der Waals surface area contributed by atoms with E-state index in [0.717, 1.165) is 11.1 Å². The molecule has 0 radical (unpaired) electrons. The molecule has 0 aliphatic heterocycles. The highest BCUT2D eigenvalue weighted by molar-refractivity contribution is 5.83. The molecule has 0 spiro atoms. The Hall–Kier alpha value is -4.55. The maximum atomic E-state index is 12.9. The lowest BCUT2D eigenvalue weighted by molar-refractivity contribution is 0.0488. The first-order valence-corrected chi connectivity index (χ1v) is 13.5. The van der Waals surface area contributed by atoms with Crippen molar-refractivity contribution >= 4 is 28.4 Å². The van der Waals surface area contributed by atoms with Crippen LogP contribution in [0.4, 0.5) is 17.5 Å². The van der Waals surface area contributed by atoms with Crippen LogP contribution in [0.25, 0.3) is 22.4 Å². The zero-order chi connectivity index (χ0) is 29.3. The van der Waals surface area contributed by atoms with Gasteiger partial charge in [-0.15, -0.1) is 10.2 Å². The fourth-order valence-electron chi connectivity index (χ4n) is 4.70. The largest absolute Gasteiger partial charge is 0.417 e. The summed E-state index contributed by atoms with van der Waals surface area (Å²) in [4.78, 5) is 22.1. The van der Waals surface area contributed by atoms with Gasteiger partial charge in [-0.3, -0.25) is 9.48 Å². The van der Waals surface area contributed by atoms with Gasteiger partial charge in [-0.2, -0.15) is 4.98 Å². The number of aromatic nitrogens is 6. The van der Waals surface area contributed by atoms with Crippen molar-refractivity contribution in [1.29, 1.82) is 0 Å². The molecule has 214 valence electrons. The van der Waals surface area contributed by atoms with Crippen LogP contribution in [0.1, 0.15) is 58.2 Å². The number of nitrogens with zero attached hydrogens (tertiary/aromatic N) is 6. The number of fused-ring (bicyclic) bond motifs is 1. The smallest absolute Gasteiger partial charge is 0.274 e. The quantitative estimate of drug-likeness (QED) is 0.194. The highest BCUT2D eigenvalue weighted by Gasteiger charge is 2.26.